The molecule has 0 spiro atoms. The van der Waals surface area contributed by atoms with E-state index in [1.807, 2.05) is 6.07 Å². The summed E-state index contributed by atoms with van der Waals surface area (Å²) < 4.78 is 49.1. The summed E-state index contributed by atoms with van der Waals surface area (Å²) in [5, 5.41) is 3.96. The van der Waals surface area contributed by atoms with Gasteiger partial charge in [0.2, 0.25) is 10.0 Å². The van der Waals surface area contributed by atoms with Gasteiger partial charge in [0.1, 0.15) is 0 Å². The topological polar surface area (TPSA) is 116 Å². The highest BCUT2D eigenvalue weighted by molar-refractivity contribution is 7.89. The lowest BCUT2D eigenvalue weighted by atomic mass is 10.2. The first-order valence-corrected chi connectivity index (χ1v) is 12.6. The minimum absolute atomic E-state index is 0.0235. The smallest absolute Gasteiger partial charge is 0.255 e. The van der Waals surface area contributed by atoms with Crippen LogP contribution in [0.15, 0.2) is 76.7 Å². The number of nitrogens with one attached hydrogen (secondary N) is 1. The number of sulfonamides is 1. The highest BCUT2D eigenvalue weighted by atomic mass is 32.2. The first kappa shape index (κ1) is 27.5. The molecule has 0 heterocycles. The van der Waals surface area contributed by atoms with E-state index in [2.05, 4.69) is 10.5 Å². The highest BCUT2D eigenvalue weighted by Gasteiger charge is 2.28. The van der Waals surface area contributed by atoms with Crippen molar-refractivity contribution >= 4 is 22.1 Å². The molecule has 1 N–H and O–H groups in total. The third-order valence-corrected chi connectivity index (χ3v) is 7.11. The van der Waals surface area contributed by atoms with Gasteiger partial charge < -0.3 is 18.9 Å². The number of nitrogens with zero attached hydrogens (tertiary/aromatic N) is 2. The van der Waals surface area contributed by atoms with Gasteiger partial charge in [0.05, 0.1) is 46.1 Å². The summed E-state index contributed by atoms with van der Waals surface area (Å²) in [6, 6.07) is 18.4. The van der Waals surface area contributed by atoms with Crippen LogP contribution in [-0.4, -0.2) is 59.8 Å². The lowest BCUT2D eigenvalue weighted by Crippen LogP contribution is -2.39. The molecule has 3 rings (SSSR count). The molecule has 0 unspecified atom stereocenters. The second-order valence-corrected chi connectivity index (χ2v) is 9.62. The van der Waals surface area contributed by atoms with Gasteiger partial charge in [-0.15, -0.1) is 0 Å². The van der Waals surface area contributed by atoms with E-state index in [0.29, 0.717) is 28.4 Å². The largest absolute Gasteiger partial charge is 0.493 e. The highest BCUT2D eigenvalue weighted by Crippen LogP contribution is 2.31. The number of hydrogen-bond acceptors (Lipinski definition) is 8. The molecule has 196 valence electrons. The summed E-state index contributed by atoms with van der Waals surface area (Å²) in [5.74, 6) is 1.09. The Labute approximate surface area is 216 Å². The molecule has 0 atom stereocenters. The molecule has 0 aromatic heterocycles. The second kappa shape index (κ2) is 12.7. The van der Waals surface area contributed by atoms with Gasteiger partial charge in [0, 0.05) is 12.6 Å². The van der Waals surface area contributed by atoms with E-state index in [1.165, 1.54) is 52.9 Å². The van der Waals surface area contributed by atoms with E-state index >= 15 is 0 Å². The fourth-order valence-electron chi connectivity index (χ4n) is 3.45. The van der Waals surface area contributed by atoms with E-state index in [0.717, 1.165) is 4.31 Å². The normalized spacial score (nSPS) is 11.4. The molecule has 11 heteroatoms. The zero-order valence-electron chi connectivity index (χ0n) is 21.0. The van der Waals surface area contributed by atoms with Gasteiger partial charge in [-0.25, -0.2) is 13.8 Å². The van der Waals surface area contributed by atoms with Crippen molar-refractivity contribution in [1.29, 1.82) is 0 Å². The number of ether oxygens (including phenoxy) is 4. The molecule has 3 aromatic carbocycles. The van der Waals surface area contributed by atoms with Gasteiger partial charge in [-0.1, -0.05) is 30.3 Å². The lowest BCUT2D eigenvalue weighted by Gasteiger charge is -2.22. The fraction of sp³-hybridized carbons (Fsp3) is 0.231. The fourth-order valence-corrected chi connectivity index (χ4v) is 4.85. The van der Waals surface area contributed by atoms with Crippen molar-refractivity contribution in [2.45, 2.75) is 11.4 Å². The monoisotopic (exact) mass is 527 g/mol. The zero-order valence-corrected chi connectivity index (χ0v) is 21.8. The minimum Gasteiger partial charge on any atom is -0.493 e. The maximum Gasteiger partial charge on any atom is 0.255 e. The minimum atomic E-state index is -4.09. The predicted octanol–water partition coefficient (Wildman–Crippen LogP) is 3.06. The van der Waals surface area contributed by atoms with Crippen LogP contribution >= 0.6 is 0 Å². The van der Waals surface area contributed by atoms with Crippen LogP contribution in [0.3, 0.4) is 0 Å². The summed E-state index contributed by atoms with van der Waals surface area (Å²) in [7, 11) is 1.83. The molecular formula is C26H29N3O7S. The average Bonchev–Trinajstić information content (AvgIpc) is 2.92. The van der Waals surface area contributed by atoms with Crippen LogP contribution in [0.5, 0.6) is 23.0 Å². The Bertz CT molecular complexity index is 1350. The Morgan fingerprint density at radius 3 is 2.05 bits per heavy atom. The van der Waals surface area contributed by atoms with Crippen molar-refractivity contribution in [2.24, 2.45) is 5.10 Å². The number of carbonyl (C=O) groups is 1. The van der Waals surface area contributed by atoms with Gasteiger partial charge in [0.25, 0.3) is 5.91 Å². The number of amides is 1. The molecule has 0 saturated carbocycles. The molecule has 0 aliphatic heterocycles. The number of methoxy groups -OCH3 is 4. The van der Waals surface area contributed by atoms with E-state index < -0.39 is 22.5 Å². The van der Waals surface area contributed by atoms with Crippen LogP contribution in [0.2, 0.25) is 0 Å². The molecule has 0 fully saturated rings. The number of rotatable bonds is 12. The van der Waals surface area contributed by atoms with Gasteiger partial charge in [0.15, 0.2) is 23.0 Å². The van der Waals surface area contributed by atoms with Crippen LogP contribution in [0.1, 0.15) is 11.1 Å². The predicted molar refractivity (Wildman–Crippen MR) is 139 cm³/mol. The van der Waals surface area contributed by atoms with Crippen molar-refractivity contribution in [3.8, 4) is 23.0 Å². The van der Waals surface area contributed by atoms with Crippen LogP contribution in [0.4, 0.5) is 0 Å². The molecule has 0 saturated heterocycles. The number of benzene rings is 3. The van der Waals surface area contributed by atoms with Crippen LogP contribution in [0, 0.1) is 0 Å². The van der Waals surface area contributed by atoms with Crippen molar-refractivity contribution < 1.29 is 32.2 Å². The molecule has 0 aliphatic carbocycles. The Kier molecular flexibility index (Phi) is 9.47. The molecule has 37 heavy (non-hydrogen) atoms. The maximum absolute atomic E-state index is 13.6. The number of carbonyl (C=O) groups excluding carboxylic acids is 1. The third kappa shape index (κ3) is 6.99. The average molecular weight is 528 g/mol. The first-order valence-electron chi connectivity index (χ1n) is 11.1. The van der Waals surface area contributed by atoms with E-state index in [4.69, 9.17) is 18.9 Å². The lowest BCUT2D eigenvalue weighted by molar-refractivity contribution is -0.121. The summed E-state index contributed by atoms with van der Waals surface area (Å²) >= 11 is 0. The Balaban J connectivity index is 1.82. The zero-order chi connectivity index (χ0) is 26.8. The Hall–Kier alpha value is -4.09. The Morgan fingerprint density at radius 1 is 0.838 bits per heavy atom. The summed E-state index contributed by atoms with van der Waals surface area (Å²) in [6.45, 7) is -0.487. The van der Waals surface area contributed by atoms with Crippen molar-refractivity contribution in [3.63, 3.8) is 0 Å². The van der Waals surface area contributed by atoms with Crippen LogP contribution < -0.4 is 24.4 Å². The molecule has 0 radical (unpaired) electrons. The standard InChI is InChI=1S/C26H29N3O7S/c1-33-22-12-10-20(14-24(22)35-3)16-27-28-26(30)18-29(17-19-8-6-5-7-9-19)37(31,32)21-11-13-23(34-2)25(15-21)36-4/h5-16H,17-18H2,1-4H3,(H,28,30)/b27-16+. The van der Waals surface area contributed by atoms with Crippen molar-refractivity contribution in [2.75, 3.05) is 35.0 Å². The maximum atomic E-state index is 13.6. The number of hydrogen-bond donors (Lipinski definition) is 1. The first-order chi connectivity index (χ1) is 17.8. The van der Waals surface area contributed by atoms with Crippen LogP contribution in [0.25, 0.3) is 0 Å². The molecule has 0 bridgehead atoms. The van der Waals surface area contributed by atoms with E-state index in [9.17, 15) is 13.2 Å². The summed E-state index contributed by atoms with van der Waals surface area (Å²) in [6.07, 6.45) is 1.42. The van der Waals surface area contributed by atoms with Gasteiger partial charge in [-0.3, -0.25) is 4.79 Å². The van der Waals surface area contributed by atoms with Gasteiger partial charge in [-0.2, -0.15) is 9.41 Å². The van der Waals surface area contributed by atoms with Crippen molar-refractivity contribution in [1.82, 2.24) is 9.73 Å². The summed E-state index contributed by atoms with van der Waals surface area (Å²) in [5.41, 5.74) is 3.75. The molecule has 1 amide bonds. The molecule has 10 nitrogen and oxygen atoms in total. The molecule has 0 aliphatic rings. The molecule has 3 aromatic rings. The molecular weight excluding hydrogens is 498 g/mol. The van der Waals surface area contributed by atoms with E-state index in [-0.39, 0.29) is 17.2 Å². The number of hydrazone groups is 1. The van der Waals surface area contributed by atoms with Gasteiger partial charge >= 0.3 is 0 Å². The Morgan fingerprint density at radius 2 is 1.43 bits per heavy atom. The quantitative estimate of drug-likeness (QED) is 0.284. The van der Waals surface area contributed by atoms with Crippen molar-refractivity contribution in [3.05, 3.63) is 77.9 Å². The third-order valence-electron chi connectivity index (χ3n) is 5.32. The van der Waals surface area contributed by atoms with Crippen LogP contribution in [-0.2, 0) is 21.4 Å². The van der Waals surface area contributed by atoms with Gasteiger partial charge in [-0.05, 0) is 41.5 Å². The van der Waals surface area contributed by atoms with E-state index in [1.54, 1.807) is 42.5 Å². The SMILES string of the molecule is COc1ccc(/C=N/NC(=O)CN(Cc2ccccc2)S(=O)(=O)c2ccc(OC)c(OC)c2)cc1OC. The second-order valence-electron chi connectivity index (χ2n) is 7.68. The summed E-state index contributed by atoms with van der Waals surface area (Å²) in [4.78, 5) is 12.7.